The Bertz CT molecular complexity index is 798. The fourth-order valence-electron chi connectivity index (χ4n) is 2.53. The van der Waals surface area contributed by atoms with Crippen LogP contribution in [0.4, 0.5) is 4.79 Å². The number of amides is 2. The molecule has 2 rings (SSSR count). The van der Waals surface area contributed by atoms with Crippen LogP contribution in [-0.4, -0.2) is 30.3 Å². The van der Waals surface area contributed by atoms with E-state index in [-0.39, 0.29) is 23.0 Å². The number of methoxy groups -OCH3 is 1. The molecular formula is C19H25BrN2O5. The van der Waals surface area contributed by atoms with Gasteiger partial charge in [0.05, 0.1) is 23.2 Å². The van der Waals surface area contributed by atoms with Crippen molar-refractivity contribution >= 4 is 27.9 Å². The Labute approximate surface area is 167 Å². The van der Waals surface area contributed by atoms with Crippen LogP contribution in [0.1, 0.15) is 46.2 Å². The molecule has 0 radical (unpaired) electrons. The summed E-state index contributed by atoms with van der Waals surface area (Å²) in [5.41, 5.74) is 1.06. The van der Waals surface area contributed by atoms with E-state index in [9.17, 15) is 14.7 Å². The maximum atomic E-state index is 12.9. The number of benzene rings is 1. The van der Waals surface area contributed by atoms with Gasteiger partial charge in [-0.25, -0.2) is 9.59 Å². The summed E-state index contributed by atoms with van der Waals surface area (Å²) in [5.74, 6) is -0.358. The molecule has 27 heavy (non-hydrogen) atoms. The summed E-state index contributed by atoms with van der Waals surface area (Å²) in [7, 11) is 1.42. The van der Waals surface area contributed by atoms with E-state index in [4.69, 9.17) is 9.47 Å². The number of esters is 1. The number of hydrogen-bond donors (Lipinski definition) is 3. The van der Waals surface area contributed by atoms with Crippen molar-refractivity contribution in [1.82, 2.24) is 10.6 Å². The molecule has 0 aromatic heterocycles. The van der Waals surface area contributed by atoms with E-state index in [0.717, 1.165) is 0 Å². The Morgan fingerprint density at radius 2 is 1.96 bits per heavy atom. The van der Waals surface area contributed by atoms with Crippen molar-refractivity contribution in [2.75, 3.05) is 7.11 Å². The van der Waals surface area contributed by atoms with E-state index in [0.29, 0.717) is 21.3 Å². The number of phenolic OH excluding ortho intramolecular Hbond substituents is 1. The first-order chi connectivity index (χ1) is 12.5. The van der Waals surface area contributed by atoms with Gasteiger partial charge in [-0.1, -0.05) is 20.8 Å². The van der Waals surface area contributed by atoms with Crippen LogP contribution in [0.2, 0.25) is 0 Å². The maximum absolute atomic E-state index is 12.9. The van der Waals surface area contributed by atoms with Crippen LogP contribution in [-0.2, 0) is 9.53 Å². The van der Waals surface area contributed by atoms with Crippen LogP contribution in [0.25, 0.3) is 0 Å². The molecule has 0 saturated carbocycles. The Morgan fingerprint density at radius 1 is 1.33 bits per heavy atom. The molecule has 0 spiro atoms. The first kappa shape index (κ1) is 21.1. The Balaban J connectivity index is 2.47. The predicted octanol–water partition coefficient (Wildman–Crippen LogP) is 3.77. The van der Waals surface area contributed by atoms with E-state index in [1.807, 2.05) is 27.7 Å². The van der Waals surface area contributed by atoms with Gasteiger partial charge in [-0.2, -0.15) is 0 Å². The minimum atomic E-state index is -0.746. The molecule has 1 aliphatic heterocycles. The third-order valence-electron chi connectivity index (χ3n) is 4.60. The summed E-state index contributed by atoms with van der Waals surface area (Å²) in [4.78, 5) is 24.9. The topological polar surface area (TPSA) is 96.9 Å². The van der Waals surface area contributed by atoms with E-state index < -0.39 is 18.0 Å². The number of hydrogen-bond acceptors (Lipinski definition) is 5. The third-order valence-corrected chi connectivity index (χ3v) is 5.20. The van der Waals surface area contributed by atoms with Gasteiger partial charge in [-0.3, -0.25) is 0 Å². The van der Waals surface area contributed by atoms with Crippen LogP contribution in [0.5, 0.6) is 11.5 Å². The number of carbonyl (C=O) groups excluding carboxylic acids is 2. The summed E-state index contributed by atoms with van der Waals surface area (Å²) in [6.07, 6.45) is -0.329. The van der Waals surface area contributed by atoms with Crippen molar-refractivity contribution in [3.8, 4) is 11.5 Å². The molecule has 8 heteroatoms. The van der Waals surface area contributed by atoms with Crippen molar-refractivity contribution in [1.29, 1.82) is 0 Å². The van der Waals surface area contributed by atoms with Gasteiger partial charge in [0, 0.05) is 5.70 Å². The van der Waals surface area contributed by atoms with Crippen molar-refractivity contribution in [3.05, 3.63) is 33.4 Å². The van der Waals surface area contributed by atoms with Crippen molar-refractivity contribution in [2.45, 2.75) is 46.8 Å². The van der Waals surface area contributed by atoms with Crippen molar-refractivity contribution in [3.63, 3.8) is 0 Å². The molecule has 1 aliphatic rings. The van der Waals surface area contributed by atoms with Gasteiger partial charge >= 0.3 is 12.0 Å². The summed E-state index contributed by atoms with van der Waals surface area (Å²) >= 11 is 3.27. The monoisotopic (exact) mass is 440 g/mol. The second-order valence-electron chi connectivity index (χ2n) is 7.54. The molecule has 0 saturated heterocycles. The zero-order chi connectivity index (χ0) is 20.5. The SMILES string of the molecule is COc1cc([C@@H]2NC(=O)NC(C)=C2C(=O)O[C@H](C)C(C)(C)C)cc(Br)c1O. The molecule has 0 bridgehead atoms. The molecule has 1 heterocycles. The Hall–Kier alpha value is -2.22. The minimum absolute atomic E-state index is 0.0623. The van der Waals surface area contributed by atoms with Crippen molar-refractivity contribution in [2.24, 2.45) is 5.41 Å². The van der Waals surface area contributed by atoms with Crippen molar-refractivity contribution < 1.29 is 24.2 Å². The molecule has 2 atom stereocenters. The molecule has 3 N–H and O–H groups in total. The zero-order valence-electron chi connectivity index (χ0n) is 16.3. The van der Waals surface area contributed by atoms with Gasteiger partial charge in [-0.05, 0) is 52.9 Å². The summed E-state index contributed by atoms with van der Waals surface area (Å²) in [6, 6.07) is 2.02. The number of nitrogens with one attached hydrogen (secondary N) is 2. The lowest BCUT2D eigenvalue weighted by molar-refractivity contribution is -0.149. The molecule has 0 fully saturated rings. The number of urea groups is 1. The second-order valence-corrected chi connectivity index (χ2v) is 8.39. The Kier molecular flexibility index (Phi) is 6.09. The predicted molar refractivity (Wildman–Crippen MR) is 104 cm³/mol. The molecule has 0 unspecified atom stereocenters. The summed E-state index contributed by atoms with van der Waals surface area (Å²) in [6.45, 7) is 9.42. The van der Waals surface area contributed by atoms with Crippen LogP contribution in [0, 0.1) is 5.41 Å². The molecule has 0 aliphatic carbocycles. The number of rotatable bonds is 4. The standard InChI is InChI=1S/C19H25BrN2O5/c1-9-14(17(24)27-10(2)19(3,4)5)15(22-18(25)21-9)11-7-12(20)16(23)13(8-11)26-6/h7-8,10,15,23H,1-6H3,(H2,21,22,25)/t10-,15+/m1/s1. The van der Waals surface area contributed by atoms with E-state index in [1.54, 1.807) is 19.1 Å². The number of aromatic hydroxyl groups is 1. The van der Waals surface area contributed by atoms with Crippen LogP contribution < -0.4 is 15.4 Å². The quantitative estimate of drug-likeness (QED) is 0.619. The van der Waals surface area contributed by atoms with Gasteiger partial charge in [0.15, 0.2) is 11.5 Å². The fraction of sp³-hybridized carbons (Fsp3) is 0.474. The summed E-state index contributed by atoms with van der Waals surface area (Å²) in [5, 5.41) is 15.4. The molecule has 148 valence electrons. The Morgan fingerprint density at radius 3 is 2.52 bits per heavy atom. The number of allylic oxidation sites excluding steroid dienone is 1. The number of ether oxygens (including phenoxy) is 2. The second kappa shape index (κ2) is 7.80. The number of halogens is 1. The molecule has 7 nitrogen and oxygen atoms in total. The van der Waals surface area contributed by atoms with E-state index in [2.05, 4.69) is 26.6 Å². The van der Waals surface area contributed by atoms with Gasteiger partial charge in [0.2, 0.25) is 0 Å². The van der Waals surface area contributed by atoms with Crippen LogP contribution in [0.15, 0.2) is 27.9 Å². The highest BCUT2D eigenvalue weighted by Crippen LogP contribution is 2.39. The molecular weight excluding hydrogens is 416 g/mol. The maximum Gasteiger partial charge on any atom is 0.338 e. The summed E-state index contributed by atoms with van der Waals surface area (Å²) < 4.78 is 11.2. The third kappa shape index (κ3) is 4.55. The first-order valence-corrected chi connectivity index (χ1v) is 9.30. The van der Waals surface area contributed by atoms with E-state index in [1.165, 1.54) is 7.11 Å². The van der Waals surface area contributed by atoms with Gasteiger partial charge in [-0.15, -0.1) is 0 Å². The average Bonchev–Trinajstić information content (AvgIpc) is 2.55. The lowest BCUT2D eigenvalue weighted by Crippen LogP contribution is -2.46. The lowest BCUT2D eigenvalue weighted by atomic mass is 9.90. The van der Waals surface area contributed by atoms with Crippen LogP contribution >= 0.6 is 15.9 Å². The highest BCUT2D eigenvalue weighted by molar-refractivity contribution is 9.10. The first-order valence-electron chi connectivity index (χ1n) is 8.51. The minimum Gasteiger partial charge on any atom is -0.503 e. The fourth-order valence-corrected chi connectivity index (χ4v) is 2.99. The number of phenols is 1. The van der Waals surface area contributed by atoms with Crippen LogP contribution in [0.3, 0.4) is 0 Å². The van der Waals surface area contributed by atoms with Gasteiger partial charge in [0.1, 0.15) is 6.10 Å². The van der Waals surface area contributed by atoms with E-state index >= 15 is 0 Å². The average molecular weight is 441 g/mol. The lowest BCUT2D eigenvalue weighted by Gasteiger charge is -2.32. The molecule has 1 aromatic rings. The highest BCUT2D eigenvalue weighted by atomic mass is 79.9. The molecule has 2 amide bonds. The molecule has 1 aromatic carbocycles. The zero-order valence-corrected chi connectivity index (χ0v) is 17.9. The van der Waals surface area contributed by atoms with Gasteiger partial charge < -0.3 is 25.2 Å². The van der Waals surface area contributed by atoms with Gasteiger partial charge in [0.25, 0.3) is 0 Å². The highest BCUT2D eigenvalue weighted by Gasteiger charge is 2.35. The largest absolute Gasteiger partial charge is 0.503 e. The normalized spacial score (nSPS) is 18.5. The smallest absolute Gasteiger partial charge is 0.338 e. The number of carbonyl (C=O) groups is 2.